The minimum absolute atomic E-state index is 0.0651. The van der Waals surface area contributed by atoms with Crippen molar-refractivity contribution in [2.75, 3.05) is 33.4 Å². The summed E-state index contributed by atoms with van der Waals surface area (Å²) in [5.74, 6) is 0.114. The van der Waals surface area contributed by atoms with Gasteiger partial charge in [0.25, 0.3) is 5.91 Å². The monoisotopic (exact) mass is 282 g/mol. The van der Waals surface area contributed by atoms with Gasteiger partial charge < -0.3 is 19.3 Å². The zero-order valence-corrected chi connectivity index (χ0v) is 12.1. The minimum atomic E-state index is -0.265. The van der Waals surface area contributed by atoms with Gasteiger partial charge in [0, 0.05) is 38.3 Å². The van der Waals surface area contributed by atoms with Crippen LogP contribution < -0.4 is 0 Å². The number of carbonyl (C=O) groups excluding carboxylic acids is 1. The van der Waals surface area contributed by atoms with Gasteiger partial charge in [0.05, 0.1) is 12.3 Å². The highest BCUT2D eigenvalue weighted by Crippen LogP contribution is 2.33. The van der Waals surface area contributed by atoms with Crippen molar-refractivity contribution in [3.05, 3.63) is 17.5 Å². The van der Waals surface area contributed by atoms with E-state index in [1.807, 2.05) is 0 Å². The lowest BCUT2D eigenvalue weighted by Crippen LogP contribution is -2.48. The Morgan fingerprint density at radius 2 is 2.45 bits per heavy atom. The van der Waals surface area contributed by atoms with Crippen molar-refractivity contribution in [2.24, 2.45) is 5.41 Å². The second-order valence-corrected chi connectivity index (χ2v) is 5.56. The van der Waals surface area contributed by atoms with Gasteiger partial charge in [0.1, 0.15) is 0 Å². The van der Waals surface area contributed by atoms with Crippen LogP contribution in [0.4, 0.5) is 0 Å². The molecule has 1 aromatic rings. The van der Waals surface area contributed by atoms with Gasteiger partial charge >= 0.3 is 0 Å². The fraction of sp³-hybridized carbons (Fsp3) is 0.714. The molecule has 0 saturated carbocycles. The Balaban J connectivity index is 2.07. The summed E-state index contributed by atoms with van der Waals surface area (Å²) in [5, 5.41) is 13.5. The molecule has 1 aliphatic heterocycles. The van der Waals surface area contributed by atoms with Crippen LogP contribution in [0.25, 0.3) is 0 Å². The summed E-state index contributed by atoms with van der Waals surface area (Å²) in [4.78, 5) is 14.1. The average molecular weight is 282 g/mol. The molecule has 1 atom stereocenters. The van der Waals surface area contributed by atoms with E-state index < -0.39 is 0 Å². The van der Waals surface area contributed by atoms with Crippen molar-refractivity contribution in [2.45, 2.75) is 26.2 Å². The first kappa shape index (κ1) is 15.0. The molecular formula is C14H22N2O4. The van der Waals surface area contributed by atoms with Gasteiger partial charge in [0.2, 0.25) is 5.76 Å². The molecule has 0 spiro atoms. The van der Waals surface area contributed by atoms with Gasteiger partial charge in [-0.05, 0) is 26.2 Å². The minimum Gasteiger partial charge on any atom is -0.396 e. The number of rotatable bonds is 5. The predicted molar refractivity (Wildman–Crippen MR) is 72.4 cm³/mol. The maximum Gasteiger partial charge on any atom is 0.292 e. The van der Waals surface area contributed by atoms with Crippen LogP contribution >= 0.6 is 0 Å². The third kappa shape index (κ3) is 3.19. The molecule has 0 bridgehead atoms. The molecule has 1 aliphatic rings. The molecule has 1 saturated heterocycles. The van der Waals surface area contributed by atoms with Crippen LogP contribution in [0.5, 0.6) is 0 Å². The fourth-order valence-electron chi connectivity index (χ4n) is 2.73. The van der Waals surface area contributed by atoms with E-state index in [9.17, 15) is 9.90 Å². The number of amides is 1. The van der Waals surface area contributed by atoms with Crippen molar-refractivity contribution in [1.82, 2.24) is 10.1 Å². The van der Waals surface area contributed by atoms with Crippen molar-refractivity contribution in [1.29, 1.82) is 0 Å². The number of nitrogens with zero attached hydrogens (tertiary/aromatic N) is 2. The number of aliphatic hydroxyl groups excluding tert-OH is 1. The van der Waals surface area contributed by atoms with Gasteiger partial charge in [-0.2, -0.15) is 0 Å². The van der Waals surface area contributed by atoms with Crippen LogP contribution in [-0.4, -0.2) is 54.5 Å². The number of hydrogen-bond donors (Lipinski definition) is 1. The zero-order chi connectivity index (χ0) is 14.6. The largest absolute Gasteiger partial charge is 0.396 e. The number of aromatic nitrogens is 1. The summed E-state index contributed by atoms with van der Waals surface area (Å²) in [6.07, 6.45) is 2.54. The van der Waals surface area contributed by atoms with E-state index >= 15 is 0 Å². The van der Waals surface area contributed by atoms with Crippen LogP contribution in [0.2, 0.25) is 0 Å². The number of aryl methyl sites for hydroxylation is 1. The Hall–Kier alpha value is -1.40. The standard InChI is InChI=1S/C14H22N2O4/c1-11-8-12(20-15-11)13(18)16-6-3-4-14(9-16,10-17)5-7-19-2/h8,17H,3-7,9-10H2,1-2H3. The first-order chi connectivity index (χ1) is 9.60. The molecule has 1 N–H and O–H groups in total. The van der Waals surface area contributed by atoms with Crippen LogP contribution in [-0.2, 0) is 4.74 Å². The maximum absolute atomic E-state index is 12.4. The molecule has 6 nitrogen and oxygen atoms in total. The Bertz CT molecular complexity index is 460. The average Bonchev–Trinajstić information content (AvgIpc) is 2.91. The van der Waals surface area contributed by atoms with Gasteiger partial charge in [-0.15, -0.1) is 0 Å². The molecule has 112 valence electrons. The van der Waals surface area contributed by atoms with Crippen LogP contribution in [0, 0.1) is 12.3 Å². The maximum atomic E-state index is 12.4. The number of methoxy groups -OCH3 is 1. The van der Waals surface area contributed by atoms with Crippen LogP contribution in [0.1, 0.15) is 35.5 Å². The predicted octanol–water partition coefficient (Wildman–Crippen LogP) is 1.23. The summed E-state index contributed by atoms with van der Waals surface area (Å²) in [5.41, 5.74) is 0.428. The Morgan fingerprint density at radius 3 is 3.05 bits per heavy atom. The quantitative estimate of drug-likeness (QED) is 0.879. The van der Waals surface area contributed by atoms with E-state index in [2.05, 4.69) is 5.16 Å². The summed E-state index contributed by atoms with van der Waals surface area (Å²) >= 11 is 0. The Morgan fingerprint density at radius 1 is 1.65 bits per heavy atom. The normalized spacial score (nSPS) is 23.1. The fourth-order valence-corrected chi connectivity index (χ4v) is 2.73. The van der Waals surface area contributed by atoms with E-state index in [0.717, 1.165) is 19.3 Å². The molecule has 1 amide bonds. The van der Waals surface area contributed by atoms with E-state index in [-0.39, 0.29) is 23.7 Å². The highest BCUT2D eigenvalue weighted by atomic mass is 16.5. The van der Waals surface area contributed by atoms with E-state index in [1.54, 1.807) is 25.0 Å². The molecule has 0 aromatic carbocycles. The molecule has 2 heterocycles. The van der Waals surface area contributed by atoms with E-state index in [4.69, 9.17) is 9.26 Å². The van der Waals surface area contributed by atoms with Crippen LogP contribution in [0.3, 0.4) is 0 Å². The molecule has 1 fully saturated rings. The van der Waals surface area contributed by atoms with Crippen molar-refractivity contribution < 1.29 is 19.2 Å². The number of aliphatic hydroxyl groups is 1. The summed E-state index contributed by atoms with van der Waals surface area (Å²) < 4.78 is 10.1. The molecule has 20 heavy (non-hydrogen) atoms. The van der Waals surface area contributed by atoms with Crippen molar-refractivity contribution in [3.8, 4) is 0 Å². The van der Waals surface area contributed by atoms with Crippen molar-refractivity contribution in [3.63, 3.8) is 0 Å². The van der Waals surface area contributed by atoms with E-state index in [0.29, 0.717) is 25.4 Å². The Labute approximate surface area is 118 Å². The molecule has 0 aliphatic carbocycles. The highest BCUT2D eigenvalue weighted by molar-refractivity contribution is 5.91. The SMILES string of the molecule is COCCC1(CO)CCCN(C(=O)c2cc(C)no2)C1. The number of hydrogen-bond acceptors (Lipinski definition) is 5. The number of piperidine rings is 1. The lowest BCUT2D eigenvalue weighted by Gasteiger charge is -2.41. The number of carbonyl (C=O) groups is 1. The zero-order valence-electron chi connectivity index (χ0n) is 12.1. The molecule has 1 unspecified atom stereocenters. The number of likely N-dealkylation sites (tertiary alicyclic amines) is 1. The third-order valence-corrected chi connectivity index (χ3v) is 3.96. The van der Waals surface area contributed by atoms with Gasteiger partial charge in [0.15, 0.2) is 0 Å². The van der Waals surface area contributed by atoms with Gasteiger partial charge in [-0.1, -0.05) is 5.16 Å². The summed E-state index contributed by atoms with van der Waals surface area (Å²) in [6.45, 7) is 3.66. The van der Waals surface area contributed by atoms with Crippen molar-refractivity contribution >= 4 is 5.91 Å². The first-order valence-electron chi connectivity index (χ1n) is 6.93. The molecule has 6 heteroatoms. The first-order valence-corrected chi connectivity index (χ1v) is 6.93. The summed E-state index contributed by atoms with van der Waals surface area (Å²) in [7, 11) is 1.65. The molecule has 1 aromatic heterocycles. The topological polar surface area (TPSA) is 75.8 Å². The number of ether oxygens (including phenoxy) is 1. The second-order valence-electron chi connectivity index (χ2n) is 5.56. The lowest BCUT2D eigenvalue weighted by molar-refractivity contribution is 0.00738. The van der Waals surface area contributed by atoms with Gasteiger partial charge in [-0.25, -0.2) is 0 Å². The Kier molecular flexibility index (Phi) is 4.77. The highest BCUT2D eigenvalue weighted by Gasteiger charge is 2.37. The lowest BCUT2D eigenvalue weighted by atomic mass is 9.78. The second kappa shape index (κ2) is 6.37. The molecule has 0 radical (unpaired) electrons. The molecular weight excluding hydrogens is 260 g/mol. The van der Waals surface area contributed by atoms with Crippen LogP contribution in [0.15, 0.2) is 10.6 Å². The third-order valence-electron chi connectivity index (χ3n) is 3.96. The van der Waals surface area contributed by atoms with E-state index in [1.165, 1.54) is 0 Å². The smallest absolute Gasteiger partial charge is 0.292 e. The molecule has 2 rings (SSSR count). The summed E-state index contributed by atoms with van der Waals surface area (Å²) in [6, 6.07) is 1.65. The van der Waals surface area contributed by atoms with Gasteiger partial charge in [-0.3, -0.25) is 4.79 Å².